The Morgan fingerprint density at radius 2 is 1.81 bits per heavy atom. The van der Waals surface area contributed by atoms with Gasteiger partial charge in [-0.3, -0.25) is 9.59 Å². The van der Waals surface area contributed by atoms with E-state index < -0.39 is 17.3 Å². The Labute approximate surface area is 183 Å². The number of para-hydroxylation sites is 1. The van der Waals surface area contributed by atoms with Crippen molar-refractivity contribution in [1.82, 2.24) is 20.6 Å². The van der Waals surface area contributed by atoms with Crippen molar-refractivity contribution in [1.29, 1.82) is 5.26 Å². The zero-order valence-electron chi connectivity index (χ0n) is 16.9. The summed E-state index contributed by atoms with van der Waals surface area (Å²) < 4.78 is 14.0. The summed E-state index contributed by atoms with van der Waals surface area (Å²) in [5.74, 6) is -1.16. The summed E-state index contributed by atoms with van der Waals surface area (Å²) in [5, 5.41) is 17.7. The SMILES string of the molecule is N#Cc1cccc(F)c1Nc1ccc(CNC(=O)C2(NC(=O)c3cncnc3)CC2)cc1. The van der Waals surface area contributed by atoms with E-state index in [0.717, 1.165) is 5.56 Å². The van der Waals surface area contributed by atoms with Gasteiger partial charge < -0.3 is 16.0 Å². The van der Waals surface area contributed by atoms with E-state index in [2.05, 4.69) is 25.9 Å². The molecule has 1 fully saturated rings. The summed E-state index contributed by atoms with van der Waals surface area (Å²) in [6.07, 6.45) is 5.24. The van der Waals surface area contributed by atoms with E-state index in [0.29, 0.717) is 24.1 Å². The van der Waals surface area contributed by atoms with Gasteiger partial charge in [0.15, 0.2) is 0 Å². The summed E-state index contributed by atoms with van der Waals surface area (Å²) in [5.41, 5.74) is 1.15. The quantitative estimate of drug-likeness (QED) is 0.530. The molecule has 0 unspecified atom stereocenters. The normalized spacial score (nSPS) is 13.5. The van der Waals surface area contributed by atoms with Crippen LogP contribution in [0, 0.1) is 17.1 Å². The zero-order chi connectivity index (χ0) is 22.6. The number of carbonyl (C=O) groups is 2. The number of rotatable bonds is 7. The Hall–Kier alpha value is -4.32. The highest BCUT2D eigenvalue weighted by atomic mass is 19.1. The number of nitrogens with one attached hydrogen (secondary N) is 3. The van der Waals surface area contributed by atoms with Gasteiger partial charge in [-0.2, -0.15) is 5.26 Å². The minimum atomic E-state index is -0.910. The zero-order valence-corrected chi connectivity index (χ0v) is 16.9. The first-order chi connectivity index (χ1) is 15.5. The number of hydrogen-bond acceptors (Lipinski definition) is 6. The van der Waals surface area contributed by atoms with Crippen LogP contribution in [0.2, 0.25) is 0 Å². The predicted molar refractivity (Wildman–Crippen MR) is 114 cm³/mol. The topological polar surface area (TPSA) is 120 Å². The van der Waals surface area contributed by atoms with Gasteiger partial charge in [-0.25, -0.2) is 14.4 Å². The molecular formula is C23H19FN6O2. The van der Waals surface area contributed by atoms with E-state index in [-0.39, 0.29) is 23.7 Å². The standard InChI is InChI=1S/C23H19FN6O2/c24-19-3-1-2-16(10-25)20(19)29-18-6-4-15(5-7-18)11-28-22(32)23(8-9-23)30-21(31)17-12-26-14-27-13-17/h1-7,12-14,29H,8-9,11H2,(H,28,32)(H,30,31). The number of nitrogens with zero attached hydrogens (tertiary/aromatic N) is 3. The average molecular weight is 430 g/mol. The maximum atomic E-state index is 14.0. The number of amides is 2. The Bertz CT molecular complexity index is 1190. The molecular weight excluding hydrogens is 411 g/mol. The van der Waals surface area contributed by atoms with Crippen molar-refractivity contribution in [3.63, 3.8) is 0 Å². The number of benzene rings is 2. The van der Waals surface area contributed by atoms with Crippen LogP contribution in [0.3, 0.4) is 0 Å². The van der Waals surface area contributed by atoms with Gasteiger partial charge in [0.25, 0.3) is 5.91 Å². The molecule has 8 nitrogen and oxygen atoms in total. The lowest BCUT2D eigenvalue weighted by atomic mass is 10.1. The van der Waals surface area contributed by atoms with E-state index in [1.807, 2.05) is 6.07 Å². The molecule has 1 heterocycles. The van der Waals surface area contributed by atoms with Crippen LogP contribution in [-0.4, -0.2) is 27.3 Å². The van der Waals surface area contributed by atoms with Gasteiger partial charge in [0.05, 0.1) is 16.8 Å². The van der Waals surface area contributed by atoms with Crippen LogP contribution in [0.1, 0.15) is 34.3 Å². The molecule has 2 amide bonds. The molecule has 1 aliphatic rings. The smallest absolute Gasteiger partial charge is 0.255 e. The second-order valence-electron chi connectivity index (χ2n) is 7.44. The molecule has 1 aromatic heterocycles. The molecule has 0 aliphatic heterocycles. The molecule has 3 aromatic rings. The first kappa shape index (κ1) is 20.9. The molecule has 1 saturated carbocycles. The fourth-order valence-corrected chi connectivity index (χ4v) is 3.19. The highest BCUT2D eigenvalue weighted by Crippen LogP contribution is 2.36. The van der Waals surface area contributed by atoms with Gasteiger partial charge in [0.2, 0.25) is 5.91 Å². The van der Waals surface area contributed by atoms with E-state index in [9.17, 15) is 14.0 Å². The van der Waals surface area contributed by atoms with Crippen molar-refractivity contribution in [3.8, 4) is 6.07 Å². The minimum absolute atomic E-state index is 0.117. The summed E-state index contributed by atoms with van der Waals surface area (Å²) >= 11 is 0. The van der Waals surface area contributed by atoms with E-state index >= 15 is 0 Å². The molecule has 2 aromatic carbocycles. The molecule has 32 heavy (non-hydrogen) atoms. The van der Waals surface area contributed by atoms with Crippen molar-refractivity contribution in [2.24, 2.45) is 0 Å². The molecule has 0 spiro atoms. The van der Waals surface area contributed by atoms with Gasteiger partial charge in [-0.15, -0.1) is 0 Å². The third kappa shape index (κ3) is 4.54. The molecule has 0 atom stereocenters. The highest BCUT2D eigenvalue weighted by molar-refractivity contribution is 6.00. The lowest BCUT2D eigenvalue weighted by Crippen LogP contribution is -2.48. The van der Waals surface area contributed by atoms with Crippen molar-refractivity contribution in [3.05, 3.63) is 83.7 Å². The van der Waals surface area contributed by atoms with Crippen LogP contribution >= 0.6 is 0 Å². The Morgan fingerprint density at radius 3 is 2.47 bits per heavy atom. The Morgan fingerprint density at radius 1 is 1.09 bits per heavy atom. The van der Waals surface area contributed by atoms with Crippen LogP contribution in [0.15, 0.2) is 61.2 Å². The first-order valence-corrected chi connectivity index (χ1v) is 9.91. The molecule has 160 valence electrons. The molecule has 0 bridgehead atoms. The summed E-state index contributed by atoms with van der Waals surface area (Å²) in [7, 11) is 0. The van der Waals surface area contributed by atoms with Crippen LogP contribution in [0.25, 0.3) is 0 Å². The first-order valence-electron chi connectivity index (χ1n) is 9.91. The summed E-state index contributed by atoms with van der Waals surface area (Å²) in [6.45, 7) is 0.272. The largest absolute Gasteiger partial charge is 0.352 e. The fourth-order valence-electron chi connectivity index (χ4n) is 3.19. The molecule has 4 rings (SSSR count). The second kappa shape index (κ2) is 8.81. The molecule has 3 N–H and O–H groups in total. The predicted octanol–water partition coefficient (Wildman–Crippen LogP) is 2.81. The number of halogens is 1. The maximum absolute atomic E-state index is 14.0. The van der Waals surface area contributed by atoms with Gasteiger partial charge in [0, 0.05) is 24.6 Å². The van der Waals surface area contributed by atoms with E-state index in [1.54, 1.807) is 24.3 Å². The van der Waals surface area contributed by atoms with Crippen molar-refractivity contribution < 1.29 is 14.0 Å². The molecule has 0 radical (unpaired) electrons. The Balaban J connectivity index is 1.34. The van der Waals surface area contributed by atoms with Crippen LogP contribution in [-0.2, 0) is 11.3 Å². The molecule has 0 saturated heterocycles. The number of hydrogen-bond donors (Lipinski definition) is 3. The van der Waals surface area contributed by atoms with E-state index in [1.165, 1.54) is 36.9 Å². The number of nitriles is 1. The lowest BCUT2D eigenvalue weighted by Gasteiger charge is -2.17. The number of anilines is 2. The third-order valence-electron chi connectivity index (χ3n) is 5.17. The van der Waals surface area contributed by atoms with Gasteiger partial charge >= 0.3 is 0 Å². The van der Waals surface area contributed by atoms with Crippen LogP contribution in [0.4, 0.5) is 15.8 Å². The molecule has 9 heteroatoms. The number of carbonyl (C=O) groups excluding carboxylic acids is 2. The van der Waals surface area contributed by atoms with Crippen LogP contribution < -0.4 is 16.0 Å². The monoisotopic (exact) mass is 430 g/mol. The van der Waals surface area contributed by atoms with Gasteiger partial charge in [0.1, 0.15) is 23.8 Å². The minimum Gasteiger partial charge on any atom is -0.352 e. The van der Waals surface area contributed by atoms with Crippen molar-refractivity contribution >= 4 is 23.2 Å². The molecule has 1 aliphatic carbocycles. The van der Waals surface area contributed by atoms with Crippen molar-refractivity contribution in [2.75, 3.05) is 5.32 Å². The van der Waals surface area contributed by atoms with Gasteiger partial charge in [-0.05, 0) is 42.7 Å². The Kier molecular flexibility index (Phi) is 5.77. The fraction of sp³-hybridized carbons (Fsp3) is 0.174. The second-order valence-corrected chi connectivity index (χ2v) is 7.44. The number of aromatic nitrogens is 2. The highest BCUT2D eigenvalue weighted by Gasteiger charge is 2.51. The van der Waals surface area contributed by atoms with Gasteiger partial charge in [-0.1, -0.05) is 18.2 Å². The van der Waals surface area contributed by atoms with Crippen LogP contribution in [0.5, 0.6) is 0 Å². The third-order valence-corrected chi connectivity index (χ3v) is 5.17. The van der Waals surface area contributed by atoms with Crippen molar-refractivity contribution in [2.45, 2.75) is 24.9 Å². The average Bonchev–Trinajstić information content (AvgIpc) is 3.61. The maximum Gasteiger partial charge on any atom is 0.255 e. The lowest BCUT2D eigenvalue weighted by molar-refractivity contribution is -0.124. The summed E-state index contributed by atoms with van der Waals surface area (Å²) in [6, 6.07) is 13.3. The summed E-state index contributed by atoms with van der Waals surface area (Å²) in [4.78, 5) is 32.6. The van der Waals surface area contributed by atoms with E-state index in [4.69, 9.17) is 5.26 Å².